The van der Waals surface area contributed by atoms with Crippen LogP contribution < -0.4 is 28.6 Å². The standard InChI is InChI=1S/C7H7NO.C5H5.C3H6.2ClH.Ti/c8-7(9)6-4-2-1-3-5-6;1-2-4-5-3-1;1-3-2;;;/h1-5H,(H2,8,9);1-3H,4H2;1-2H3;2*1H;/q;;;;;+3/p-3. The molecule has 0 fully saturated rings. The van der Waals surface area contributed by atoms with Gasteiger partial charge in [-0.1, -0.05) is 0 Å². The number of carbonyl (C=O) groups is 1. The van der Waals surface area contributed by atoms with Gasteiger partial charge in [-0.3, -0.25) is 0 Å². The van der Waals surface area contributed by atoms with Gasteiger partial charge in [0.25, 0.3) is 0 Å². The van der Waals surface area contributed by atoms with Crippen LogP contribution in [0, 0.1) is 0 Å². The molecule has 1 aromatic carbocycles. The SMILES string of the molecule is C[C](C)=[Ti+2]([NH]C(=O)c1ccccc1)[C]1=CC=CC1.[Cl-].[Cl-]. The molecular formula is C15H17Cl2NOTi. The molecule has 0 radical (unpaired) electrons. The summed E-state index contributed by atoms with van der Waals surface area (Å²) in [6, 6.07) is 9.44. The fraction of sp³-hybridized carbons (Fsp3) is 0.200. The number of hydrogen-bond donors (Lipinski definition) is 1. The van der Waals surface area contributed by atoms with Crippen LogP contribution in [-0.2, 0) is 17.7 Å². The monoisotopic (exact) mass is 345 g/mol. The van der Waals surface area contributed by atoms with Gasteiger partial charge in [-0.05, 0) is 0 Å². The molecule has 1 aliphatic rings. The third-order valence-electron chi connectivity index (χ3n) is 2.87. The summed E-state index contributed by atoms with van der Waals surface area (Å²) >= 11 is -1.77. The molecule has 2 nitrogen and oxygen atoms in total. The van der Waals surface area contributed by atoms with E-state index in [9.17, 15) is 4.79 Å². The minimum absolute atomic E-state index is 0. The summed E-state index contributed by atoms with van der Waals surface area (Å²) in [4.78, 5) is 12.2. The zero-order chi connectivity index (χ0) is 13.0. The Morgan fingerprint density at radius 1 is 1.15 bits per heavy atom. The molecule has 0 unspecified atom stereocenters. The summed E-state index contributed by atoms with van der Waals surface area (Å²) in [6.07, 6.45) is 7.39. The summed E-state index contributed by atoms with van der Waals surface area (Å²) in [6.45, 7) is 4.25. The van der Waals surface area contributed by atoms with Crippen LogP contribution in [0.2, 0.25) is 0 Å². The van der Waals surface area contributed by atoms with Gasteiger partial charge < -0.3 is 24.8 Å². The molecular weight excluding hydrogens is 329 g/mol. The van der Waals surface area contributed by atoms with Crippen LogP contribution in [-0.4, -0.2) is 9.72 Å². The van der Waals surface area contributed by atoms with E-state index in [2.05, 4.69) is 35.9 Å². The molecule has 0 bridgehead atoms. The Bertz CT molecular complexity index is 546. The molecule has 1 aliphatic carbocycles. The van der Waals surface area contributed by atoms with Gasteiger partial charge in [-0.15, -0.1) is 0 Å². The first-order chi connectivity index (χ1) is 8.68. The number of carbonyl (C=O) groups excluding carboxylic acids is 1. The van der Waals surface area contributed by atoms with E-state index in [1.165, 1.54) is 7.69 Å². The fourth-order valence-electron chi connectivity index (χ4n) is 1.93. The average molecular weight is 346 g/mol. The van der Waals surface area contributed by atoms with Gasteiger partial charge in [0.15, 0.2) is 0 Å². The molecule has 0 atom stereocenters. The van der Waals surface area contributed by atoms with E-state index < -0.39 is 17.7 Å². The van der Waals surface area contributed by atoms with Gasteiger partial charge in [0, 0.05) is 0 Å². The van der Waals surface area contributed by atoms with Crippen LogP contribution >= 0.6 is 0 Å². The minimum Gasteiger partial charge on any atom is -1.00 e. The molecule has 0 aromatic heterocycles. The molecule has 20 heavy (non-hydrogen) atoms. The first-order valence-corrected chi connectivity index (χ1v) is 8.42. The van der Waals surface area contributed by atoms with Crippen molar-refractivity contribution in [2.75, 3.05) is 0 Å². The van der Waals surface area contributed by atoms with Gasteiger partial charge in [0.2, 0.25) is 0 Å². The van der Waals surface area contributed by atoms with E-state index in [1.54, 1.807) is 0 Å². The predicted octanol–water partition coefficient (Wildman–Crippen LogP) is -2.99. The van der Waals surface area contributed by atoms with Gasteiger partial charge in [0.05, 0.1) is 0 Å². The van der Waals surface area contributed by atoms with Crippen LogP contribution in [0.25, 0.3) is 0 Å². The predicted molar refractivity (Wildman–Crippen MR) is 72.1 cm³/mol. The van der Waals surface area contributed by atoms with Crippen LogP contribution in [0.5, 0.6) is 0 Å². The topological polar surface area (TPSA) is 29.1 Å². The van der Waals surface area contributed by atoms with Gasteiger partial charge >= 0.3 is 114 Å². The first kappa shape index (κ1) is 19.3. The van der Waals surface area contributed by atoms with Crippen molar-refractivity contribution in [1.29, 1.82) is 0 Å². The van der Waals surface area contributed by atoms with E-state index in [4.69, 9.17) is 0 Å². The summed E-state index contributed by atoms with van der Waals surface area (Å²) in [7, 11) is 0. The molecule has 106 valence electrons. The molecule has 0 saturated heterocycles. The molecule has 0 aliphatic heterocycles. The average Bonchev–Trinajstić information content (AvgIpc) is 2.90. The van der Waals surface area contributed by atoms with Crippen LogP contribution in [0.1, 0.15) is 30.6 Å². The minimum atomic E-state index is -1.77. The van der Waals surface area contributed by atoms with Crippen LogP contribution in [0.15, 0.2) is 52.4 Å². The Hall–Kier alpha value is -0.666. The summed E-state index contributed by atoms with van der Waals surface area (Å²) in [5.41, 5.74) is 0.746. The van der Waals surface area contributed by atoms with Gasteiger partial charge in [-0.25, -0.2) is 0 Å². The molecule has 0 saturated carbocycles. The number of allylic oxidation sites excluding steroid dienone is 4. The van der Waals surface area contributed by atoms with Crippen molar-refractivity contribution in [2.24, 2.45) is 0 Å². The van der Waals surface area contributed by atoms with Crippen molar-refractivity contribution >= 4 is 9.72 Å². The quantitative estimate of drug-likeness (QED) is 0.582. The second-order valence-electron chi connectivity index (χ2n) is 4.52. The Morgan fingerprint density at radius 2 is 1.80 bits per heavy atom. The Balaban J connectivity index is 0.00000180. The summed E-state index contributed by atoms with van der Waals surface area (Å²) in [5.74, 6) is 0.0552. The van der Waals surface area contributed by atoms with E-state index in [0.29, 0.717) is 0 Å². The zero-order valence-electron chi connectivity index (χ0n) is 11.5. The van der Waals surface area contributed by atoms with Gasteiger partial charge in [0.1, 0.15) is 0 Å². The molecule has 2 rings (SSSR count). The van der Waals surface area contributed by atoms with Crippen molar-refractivity contribution in [2.45, 2.75) is 20.3 Å². The second kappa shape index (κ2) is 9.30. The number of halogens is 2. The maximum absolute atomic E-state index is 12.2. The van der Waals surface area contributed by atoms with Crippen molar-refractivity contribution in [3.63, 3.8) is 0 Å². The molecule has 1 aromatic rings. The number of amides is 1. The fourth-order valence-corrected chi connectivity index (χ4v) is 5.07. The van der Waals surface area contributed by atoms with Crippen molar-refractivity contribution < 1.29 is 47.3 Å². The first-order valence-electron chi connectivity index (χ1n) is 6.08. The third kappa shape index (κ3) is 5.03. The number of nitrogens with one attached hydrogen (secondary N) is 1. The zero-order valence-corrected chi connectivity index (χ0v) is 14.6. The Kier molecular flexibility index (Phi) is 8.99. The number of benzene rings is 1. The molecule has 0 heterocycles. The molecule has 1 N–H and O–H groups in total. The molecule has 0 spiro atoms. The van der Waals surface area contributed by atoms with Crippen LogP contribution in [0.4, 0.5) is 0 Å². The van der Waals surface area contributed by atoms with Crippen molar-refractivity contribution in [3.8, 4) is 0 Å². The molecule has 5 heteroatoms. The molecule has 1 amide bonds. The maximum atomic E-state index is 12.2. The summed E-state index contributed by atoms with van der Waals surface area (Å²) < 4.78 is 6.04. The Morgan fingerprint density at radius 3 is 2.30 bits per heavy atom. The third-order valence-corrected chi connectivity index (χ3v) is 6.76. The van der Waals surface area contributed by atoms with E-state index in [1.807, 2.05) is 30.3 Å². The van der Waals surface area contributed by atoms with Gasteiger partial charge in [-0.2, -0.15) is 0 Å². The van der Waals surface area contributed by atoms with Crippen molar-refractivity contribution in [3.05, 3.63) is 58.0 Å². The van der Waals surface area contributed by atoms with E-state index >= 15 is 0 Å². The smallest absolute Gasteiger partial charge is 1.00 e. The maximum Gasteiger partial charge on any atom is -1.00 e. The number of rotatable bonds is 3. The largest absolute Gasteiger partial charge is 1.00 e. The van der Waals surface area contributed by atoms with Crippen molar-refractivity contribution in [1.82, 2.24) is 3.80 Å². The van der Waals surface area contributed by atoms with E-state index in [0.717, 1.165) is 12.0 Å². The van der Waals surface area contributed by atoms with Crippen LogP contribution in [0.3, 0.4) is 0 Å². The second-order valence-corrected chi connectivity index (χ2v) is 8.65. The Labute approximate surface area is 138 Å². The number of hydrogen-bond acceptors (Lipinski definition) is 1. The normalized spacial score (nSPS) is 11.3. The summed E-state index contributed by atoms with van der Waals surface area (Å²) in [5, 5.41) is 0. The van der Waals surface area contributed by atoms with E-state index in [-0.39, 0.29) is 30.7 Å².